The Bertz CT molecular complexity index is 1230. The fourth-order valence-electron chi connectivity index (χ4n) is 3.76. The number of benzene rings is 4. The van der Waals surface area contributed by atoms with E-state index in [-0.39, 0.29) is 0 Å². The molecule has 5 aromatic rings. The largest absolute Gasteiger partial charge is 0.377 e. The van der Waals surface area contributed by atoms with Gasteiger partial charge in [0.1, 0.15) is 5.82 Å². The number of nitrogens with zero attached hydrogens (tertiary/aromatic N) is 2. The first-order valence-corrected chi connectivity index (χ1v) is 9.58. The second kappa shape index (κ2) is 7.20. The highest BCUT2D eigenvalue weighted by Crippen LogP contribution is 2.24. The zero-order chi connectivity index (χ0) is 18.8. The molecule has 136 valence electrons. The molecule has 28 heavy (non-hydrogen) atoms. The van der Waals surface area contributed by atoms with Crippen molar-refractivity contribution in [1.29, 1.82) is 0 Å². The summed E-state index contributed by atoms with van der Waals surface area (Å²) in [4.78, 5) is 4.90. The number of anilines is 1. The molecule has 3 heteroatoms. The first-order chi connectivity index (χ1) is 13.9. The molecule has 4 aromatic carbocycles. The maximum Gasteiger partial charge on any atom is 0.129 e. The van der Waals surface area contributed by atoms with Gasteiger partial charge in [-0.25, -0.2) is 4.98 Å². The van der Waals surface area contributed by atoms with E-state index in [0.29, 0.717) is 6.54 Å². The van der Waals surface area contributed by atoms with Crippen LogP contribution in [0.5, 0.6) is 0 Å². The van der Waals surface area contributed by atoms with Crippen LogP contribution in [0.1, 0.15) is 11.4 Å². The van der Waals surface area contributed by atoms with Gasteiger partial charge in [-0.15, -0.1) is 0 Å². The van der Waals surface area contributed by atoms with Gasteiger partial charge in [0.25, 0.3) is 0 Å². The van der Waals surface area contributed by atoms with E-state index in [1.54, 1.807) is 0 Å². The molecule has 0 saturated heterocycles. The van der Waals surface area contributed by atoms with E-state index in [1.807, 2.05) is 6.07 Å². The maximum atomic E-state index is 4.90. The summed E-state index contributed by atoms with van der Waals surface area (Å²) in [6.07, 6.45) is 0. The maximum absolute atomic E-state index is 4.90. The van der Waals surface area contributed by atoms with E-state index >= 15 is 0 Å². The van der Waals surface area contributed by atoms with Crippen molar-refractivity contribution in [1.82, 2.24) is 9.55 Å². The van der Waals surface area contributed by atoms with Gasteiger partial charge in [0.05, 0.1) is 17.6 Å². The minimum absolute atomic E-state index is 0.676. The second-order valence-electron chi connectivity index (χ2n) is 6.97. The quantitative estimate of drug-likeness (QED) is 0.424. The van der Waals surface area contributed by atoms with Gasteiger partial charge < -0.3 is 9.88 Å². The van der Waals surface area contributed by atoms with E-state index in [9.17, 15) is 0 Å². The molecule has 0 spiro atoms. The Morgan fingerprint density at radius 1 is 0.714 bits per heavy atom. The molecule has 0 fully saturated rings. The molecular weight excluding hydrogens is 342 g/mol. The van der Waals surface area contributed by atoms with Crippen LogP contribution in [0.3, 0.4) is 0 Å². The number of hydrogen-bond acceptors (Lipinski definition) is 2. The summed E-state index contributed by atoms with van der Waals surface area (Å²) >= 11 is 0. The average Bonchev–Trinajstić information content (AvgIpc) is 3.10. The summed E-state index contributed by atoms with van der Waals surface area (Å²) in [5.41, 5.74) is 4.61. The molecule has 0 unspecified atom stereocenters. The Hall–Kier alpha value is -3.59. The Balaban J connectivity index is 1.51. The molecule has 1 aromatic heterocycles. The highest BCUT2D eigenvalue weighted by atomic mass is 15.1. The summed E-state index contributed by atoms with van der Waals surface area (Å²) in [5, 5.41) is 6.08. The van der Waals surface area contributed by atoms with Gasteiger partial charge in [-0.3, -0.25) is 0 Å². The first kappa shape index (κ1) is 16.6. The minimum atomic E-state index is 0.676. The van der Waals surface area contributed by atoms with E-state index in [2.05, 4.69) is 101 Å². The van der Waals surface area contributed by atoms with Crippen molar-refractivity contribution in [3.63, 3.8) is 0 Å². The van der Waals surface area contributed by atoms with Gasteiger partial charge in [0.2, 0.25) is 0 Å². The van der Waals surface area contributed by atoms with Crippen molar-refractivity contribution in [2.24, 2.45) is 0 Å². The summed E-state index contributed by atoms with van der Waals surface area (Å²) in [6, 6.07) is 33.7. The minimum Gasteiger partial charge on any atom is -0.377 e. The Morgan fingerprint density at radius 2 is 1.46 bits per heavy atom. The number of hydrogen-bond donors (Lipinski definition) is 1. The number of aromatic nitrogens is 2. The lowest BCUT2D eigenvalue weighted by atomic mass is 10.1. The standard InChI is InChI=1S/C25H21N3/c1-2-9-19(10-3-1)18-28-24-16-7-6-14-23(24)27-25(28)17-26-22-15-8-12-20-11-4-5-13-21(20)22/h1-16,26H,17-18H2. The van der Waals surface area contributed by atoms with E-state index in [1.165, 1.54) is 21.9 Å². The smallest absolute Gasteiger partial charge is 0.129 e. The van der Waals surface area contributed by atoms with Gasteiger partial charge in [0.15, 0.2) is 0 Å². The third-order valence-corrected chi connectivity index (χ3v) is 5.14. The number of para-hydroxylation sites is 2. The average molecular weight is 363 g/mol. The van der Waals surface area contributed by atoms with Crippen molar-refractivity contribution in [2.45, 2.75) is 13.1 Å². The fraction of sp³-hybridized carbons (Fsp3) is 0.0800. The molecule has 0 radical (unpaired) electrons. The topological polar surface area (TPSA) is 29.9 Å². The lowest BCUT2D eigenvalue weighted by molar-refractivity contribution is 0.757. The molecule has 1 heterocycles. The normalized spacial score (nSPS) is 11.1. The van der Waals surface area contributed by atoms with Crippen LogP contribution in [0.4, 0.5) is 5.69 Å². The lowest BCUT2D eigenvalue weighted by Gasteiger charge is -2.12. The van der Waals surface area contributed by atoms with Gasteiger partial charge in [-0.1, -0.05) is 78.9 Å². The molecular formula is C25H21N3. The van der Waals surface area contributed by atoms with Crippen LogP contribution in [-0.4, -0.2) is 9.55 Å². The second-order valence-corrected chi connectivity index (χ2v) is 6.97. The summed E-state index contributed by atoms with van der Waals surface area (Å²) in [7, 11) is 0. The number of nitrogens with one attached hydrogen (secondary N) is 1. The van der Waals surface area contributed by atoms with Crippen molar-refractivity contribution < 1.29 is 0 Å². The third kappa shape index (κ3) is 3.12. The molecule has 0 aliphatic carbocycles. The first-order valence-electron chi connectivity index (χ1n) is 9.58. The zero-order valence-electron chi connectivity index (χ0n) is 15.5. The van der Waals surface area contributed by atoms with Crippen LogP contribution < -0.4 is 5.32 Å². The van der Waals surface area contributed by atoms with E-state index in [0.717, 1.165) is 23.6 Å². The van der Waals surface area contributed by atoms with Crippen molar-refractivity contribution in [3.05, 3.63) is 108 Å². The summed E-state index contributed by atoms with van der Waals surface area (Å²) in [6.45, 7) is 1.49. The molecule has 0 bridgehead atoms. The SMILES string of the molecule is c1ccc(Cn2c(CNc3cccc4ccccc34)nc3ccccc32)cc1. The molecule has 3 nitrogen and oxygen atoms in total. The number of imidazole rings is 1. The van der Waals surface area contributed by atoms with Crippen LogP contribution in [0.25, 0.3) is 21.8 Å². The summed E-state index contributed by atoms with van der Waals surface area (Å²) < 4.78 is 2.31. The predicted molar refractivity (Wildman–Crippen MR) is 117 cm³/mol. The number of rotatable bonds is 5. The Morgan fingerprint density at radius 3 is 2.39 bits per heavy atom. The fourth-order valence-corrected chi connectivity index (χ4v) is 3.76. The van der Waals surface area contributed by atoms with Gasteiger partial charge in [0, 0.05) is 17.6 Å². The molecule has 0 amide bonds. The highest BCUT2D eigenvalue weighted by molar-refractivity contribution is 5.93. The Labute approximate surface area is 164 Å². The van der Waals surface area contributed by atoms with Crippen molar-refractivity contribution >= 4 is 27.5 Å². The molecule has 5 rings (SSSR count). The van der Waals surface area contributed by atoms with Crippen LogP contribution >= 0.6 is 0 Å². The van der Waals surface area contributed by atoms with Crippen LogP contribution in [0.2, 0.25) is 0 Å². The van der Waals surface area contributed by atoms with Gasteiger partial charge in [-0.05, 0) is 29.1 Å². The molecule has 0 aliphatic rings. The third-order valence-electron chi connectivity index (χ3n) is 5.14. The van der Waals surface area contributed by atoms with E-state index < -0.39 is 0 Å². The molecule has 0 aliphatic heterocycles. The van der Waals surface area contributed by atoms with Crippen LogP contribution in [-0.2, 0) is 13.1 Å². The lowest BCUT2D eigenvalue weighted by Crippen LogP contribution is -2.10. The predicted octanol–water partition coefficient (Wildman–Crippen LogP) is 5.85. The van der Waals surface area contributed by atoms with E-state index in [4.69, 9.17) is 4.98 Å². The van der Waals surface area contributed by atoms with Crippen molar-refractivity contribution in [2.75, 3.05) is 5.32 Å². The zero-order valence-corrected chi connectivity index (χ0v) is 15.5. The molecule has 0 atom stereocenters. The molecule has 1 N–H and O–H groups in total. The molecule has 0 saturated carbocycles. The Kier molecular flexibility index (Phi) is 4.26. The highest BCUT2D eigenvalue weighted by Gasteiger charge is 2.11. The summed E-state index contributed by atoms with van der Waals surface area (Å²) in [5.74, 6) is 1.04. The monoisotopic (exact) mass is 363 g/mol. The van der Waals surface area contributed by atoms with Crippen LogP contribution in [0, 0.1) is 0 Å². The van der Waals surface area contributed by atoms with Crippen molar-refractivity contribution in [3.8, 4) is 0 Å². The number of fused-ring (bicyclic) bond motifs is 2. The van der Waals surface area contributed by atoms with Crippen LogP contribution in [0.15, 0.2) is 97.1 Å². The van der Waals surface area contributed by atoms with Gasteiger partial charge >= 0.3 is 0 Å². The van der Waals surface area contributed by atoms with Gasteiger partial charge in [-0.2, -0.15) is 0 Å².